The van der Waals surface area contributed by atoms with Crippen LogP contribution >= 0.6 is 0 Å². The number of rotatable bonds is 4. The molecule has 17 heavy (non-hydrogen) atoms. The molecular formula is C15H11O2. The van der Waals surface area contributed by atoms with Crippen LogP contribution in [0.2, 0.25) is 0 Å². The van der Waals surface area contributed by atoms with E-state index >= 15 is 0 Å². The van der Waals surface area contributed by atoms with Gasteiger partial charge in [0.25, 0.3) is 0 Å². The van der Waals surface area contributed by atoms with Gasteiger partial charge in [-0.1, -0.05) is 54.6 Å². The number of carbonyl (C=O) groups is 1. The number of hydrogen-bond donors (Lipinski definition) is 0. The molecule has 2 aromatic carbocycles. The molecule has 0 amide bonds. The van der Waals surface area contributed by atoms with Crippen LogP contribution in [0, 0.1) is 0 Å². The lowest BCUT2D eigenvalue weighted by Crippen LogP contribution is -2.05. The van der Waals surface area contributed by atoms with E-state index in [4.69, 9.17) is 0 Å². The van der Waals surface area contributed by atoms with Gasteiger partial charge in [0.15, 0.2) is 5.78 Å². The Labute approximate surface area is 99.9 Å². The van der Waals surface area contributed by atoms with Gasteiger partial charge in [0.1, 0.15) is 0 Å². The Bertz CT molecular complexity index is 530. The summed E-state index contributed by atoms with van der Waals surface area (Å²) in [7, 11) is 0. The van der Waals surface area contributed by atoms with E-state index in [1.807, 2.05) is 30.6 Å². The number of hydrogen-bond acceptors (Lipinski definition) is 2. The van der Waals surface area contributed by atoms with Crippen LogP contribution in [0.25, 0.3) is 0 Å². The molecule has 0 bridgehead atoms. The summed E-state index contributed by atoms with van der Waals surface area (Å²) < 4.78 is 0. The van der Waals surface area contributed by atoms with E-state index in [-0.39, 0.29) is 12.2 Å². The predicted octanol–water partition coefficient (Wildman–Crippen LogP) is 2.57. The molecule has 0 aliphatic rings. The van der Waals surface area contributed by atoms with E-state index in [0.29, 0.717) is 11.1 Å². The quantitative estimate of drug-likeness (QED) is 0.746. The molecule has 0 saturated carbocycles. The van der Waals surface area contributed by atoms with Crippen LogP contribution < -0.4 is 0 Å². The van der Waals surface area contributed by atoms with Crippen molar-refractivity contribution in [2.75, 3.05) is 0 Å². The molecule has 0 fully saturated rings. The lowest BCUT2D eigenvalue weighted by atomic mass is 9.97. The fourth-order valence-corrected chi connectivity index (χ4v) is 1.72. The molecule has 0 aromatic heterocycles. The van der Waals surface area contributed by atoms with E-state index in [0.717, 1.165) is 5.56 Å². The highest BCUT2D eigenvalue weighted by atomic mass is 16.1. The van der Waals surface area contributed by atoms with Crippen LogP contribution in [0.5, 0.6) is 0 Å². The summed E-state index contributed by atoms with van der Waals surface area (Å²) in [5.74, 6) is -0.0588. The first-order valence-electron chi connectivity index (χ1n) is 5.35. The molecule has 0 N–H and O–H groups in total. The van der Waals surface area contributed by atoms with Crippen molar-refractivity contribution in [1.82, 2.24) is 0 Å². The van der Waals surface area contributed by atoms with Gasteiger partial charge in [0.05, 0.1) is 0 Å². The average molecular weight is 223 g/mol. The Morgan fingerprint density at radius 1 is 0.941 bits per heavy atom. The van der Waals surface area contributed by atoms with E-state index in [2.05, 4.69) is 0 Å². The highest BCUT2D eigenvalue weighted by molar-refractivity contribution is 6.10. The molecule has 0 spiro atoms. The van der Waals surface area contributed by atoms with Gasteiger partial charge in [-0.25, -0.2) is 0 Å². The summed E-state index contributed by atoms with van der Waals surface area (Å²) in [5, 5.41) is 0. The molecule has 2 rings (SSSR count). The first-order valence-corrected chi connectivity index (χ1v) is 5.35. The minimum Gasteiger partial charge on any atom is -0.291 e. The van der Waals surface area contributed by atoms with Gasteiger partial charge in [0.2, 0.25) is 6.29 Å². The summed E-state index contributed by atoms with van der Waals surface area (Å²) in [6, 6.07) is 16.2. The minimum absolute atomic E-state index is 0.0588. The summed E-state index contributed by atoms with van der Waals surface area (Å²) in [4.78, 5) is 22.7. The predicted molar refractivity (Wildman–Crippen MR) is 65.7 cm³/mol. The van der Waals surface area contributed by atoms with Gasteiger partial charge in [-0.15, -0.1) is 0 Å². The monoisotopic (exact) mass is 223 g/mol. The first kappa shape index (κ1) is 11.3. The van der Waals surface area contributed by atoms with Gasteiger partial charge in [-0.2, -0.15) is 0 Å². The second-order valence-corrected chi connectivity index (χ2v) is 3.67. The minimum atomic E-state index is -0.0588. The zero-order valence-corrected chi connectivity index (χ0v) is 9.22. The zero-order chi connectivity index (χ0) is 12.1. The third kappa shape index (κ3) is 2.48. The largest absolute Gasteiger partial charge is 0.291 e. The van der Waals surface area contributed by atoms with Crippen LogP contribution in [-0.4, -0.2) is 12.1 Å². The third-order valence-electron chi connectivity index (χ3n) is 2.56. The van der Waals surface area contributed by atoms with Crippen molar-refractivity contribution in [1.29, 1.82) is 0 Å². The summed E-state index contributed by atoms with van der Waals surface area (Å²) in [5.41, 5.74) is 1.92. The van der Waals surface area contributed by atoms with Crippen LogP contribution in [0.4, 0.5) is 0 Å². The fourth-order valence-electron chi connectivity index (χ4n) is 1.72. The van der Waals surface area contributed by atoms with E-state index in [9.17, 15) is 9.59 Å². The van der Waals surface area contributed by atoms with Crippen LogP contribution in [0.1, 0.15) is 21.5 Å². The molecule has 0 heterocycles. The molecule has 1 radical (unpaired) electrons. The number of benzene rings is 2. The van der Waals surface area contributed by atoms with Crippen molar-refractivity contribution in [3.05, 3.63) is 71.3 Å². The lowest BCUT2D eigenvalue weighted by Gasteiger charge is -2.05. The van der Waals surface area contributed by atoms with Crippen LogP contribution in [-0.2, 0) is 11.2 Å². The van der Waals surface area contributed by atoms with Crippen molar-refractivity contribution in [2.45, 2.75) is 6.42 Å². The maximum Gasteiger partial charge on any atom is 0.203 e. The number of ketones is 1. The Morgan fingerprint density at radius 3 is 2.29 bits per heavy atom. The van der Waals surface area contributed by atoms with E-state index in [1.54, 1.807) is 30.3 Å². The molecule has 2 aromatic rings. The standard InChI is InChI=1S/C15H11O2/c16-11-10-12-6-4-5-9-14(12)15(17)13-7-2-1-3-8-13/h1-9H,10H2. The van der Waals surface area contributed by atoms with Crippen molar-refractivity contribution in [2.24, 2.45) is 0 Å². The third-order valence-corrected chi connectivity index (χ3v) is 2.56. The maximum atomic E-state index is 12.2. The molecular weight excluding hydrogens is 212 g/mol. The Kier molecular flexibility index (Phi) is 3.46. The Balaban J connectivity index is 2.40. The molecule has 0 aliphatic carbocycles. The van der Waals surface area contributed by atoms with Crippen molar-refractivity contribution in [3.8, 4) is 0 Å². The van der Waals surface area contributed by atoms with Crippen molar-refractivity contribution in [3.63, 3.8) is 0 Å². The maximum absolute atomic E-state index is 12.2. The average Bonchev–Trinajstić information content (AvgIpc) is 2.40. The molecule has 2 heteroatoms. The lowest BCUT2D eigenvalue weighted by molar-refractivity contribution is 0.103. The first-order chi connectivity index (χ1) is 8.33. The summed E-state index contributed by atoms with van der Waals surface area (Å²) >= 11 is 0. The topological polar surface area (TPSA) is 34.1 Å². The van der Waals surface area contributed by atoms with Gasteiger partial charge in [-0.05, 0) is 5.56 Å². The molecule has 2 nitrogen and oxygen atoms in total. The SMILES string of the molecule is O=[C]Cc1ccccc1C(=O)c1ccccc1. The Morgan fingerprint density at radius 2 is 1.59 bits per heavy atom. The van der Waals surface area contributed by atoms with E-state index in [1.165, 1.54) is 0 Å². The normalized spacial score (nSPS) is 9.88. The van der Waals surface area contributed by atoms with Gasteiger partial charge >= 0.3 is 0 Å². The van der Waals surface area contributed by atoms with Gasteiger partial charge in [0, 0.05) is 17.5 Å². The second kappa shape index (κ2) is 5.21. The van der Waals surface area contributed by atoms with Crippen LogP contribution in [0.3, 0.4) is 0 Å². The fraction of sp³-hybridized carbons (Fsp3) is 0.0667. The Hall–Kier alpha value is -2.22. The molecule has 0 atom stereocenters. The van der Waals surface area contributed by atoms with Crippen molar-refractivity contribution >= 4 is 12.1 Å². The highest BCUT2D eigenvalue weighted by Crippen LogP contribution is 2.14. The van der Waals surface area contributed by atoms with Gasteiger partial charge in [-0.3, -0.25) is 9.59 Å². The molecule has 0 saturated heterocycles. The van der Waals surface area contributed by atoms with Crippen LogP contribution in [0.15, 0.2) is 54.6 Å². The second-order valence-electron chi connectivity index (χ2n) is 3.67. The molecule has 0 aliphatic heterocycles. The van der Waals surface area contributed by atoms with Crippen molar-refractivity contribution < 1.29 is 9.59 Å². The molecule has 83 valence electrons. The summed E-state index contributed by atoms with van der Waals surface area (Å²) in [6.45, 7) is 0. The highest BCUT2D eigenvalue weighted by Gasteiger charge is 2.12. The smallest absolute Gasteiger partial charge is 0.203 e. The molecule has 0 unspecified atom stereocenters. The zero-order valence-electron chi connectivity index (χ0n) is 9.22. The van der Waals surface area contributed by atoms with Gasteiger partial charge < -0.3 is 0 Å². The number of carbonyl (C=O) groups excluding carboxylic acids is 2. The van der Waals surface area contributed by atoms with E-state index < -0.39 is 0 Å². The summed E-state index contributed by atoms with van der Waals surface area (Å²) in [6.07, 6.45) is 1.98.